The molecule has 1 aliphatic rings. The molecule has 7 heteroatoms. The lowest BCUT2D eigenvalue weighted by Gasteiger charge is -2.36. The normalized spacial score (nSPS) is 14.4. The summed E-state index contributed by atoms with van der Waals surface area (Å²) >= 11 is 0. The molecule has 1 saturated heterocycles. The van der Waals surface area contributed by atoms with E-state index in [2.05, 4.69) is 5.32 Å². The molecule has 1 aliphatic heterocycles. The molecule has 0 atom stereocenters. The molecule has 2 aromatic rings. The van der Waals surface area contributed by atoms with Crippen LogP contribution in [0.5, 0.6) is 0 Å². The second-order valence-electron chi connectivity index (χ2n) is 6.15. The van der Waals surface area contributed by atoms with Crippen LogP contribution >= 0.6 is 0 Å². The maximum Gasteiger partial charge on any atom is 0.317 e. The lowest BCUT2D eigenvalue weighted by Crippen LogP contribution is -2.52. The van der Waals surface area contributed by atoms with E-state index in [-0.39, 0.29) is 17.5 Å². The Kier molecular flexibility index (Phi) is 5.65. The Morgan fingerprint density at radius 2 is 1.54 bits per heavy atom. The van der Waals surface area contributed by atoms with E-state index in [9.17, 15) is 18.0 Å². The van der Waals surface area contributed by atoms with E-state index in [4.69, 9.17) is 0 Å². The molecule has 2 aromatic carbocycles. The highest BCUT2D eigenvalue weighted by molar-refractivity contribution is 5.74. The average Bonchev–Trinajstić information content (AvgIpc) is 2.64. The van der Waals surface area contributed by atoms with Crippen LogP contribution in [0.2, 0.25) is 0 Å². The van der Waals surface area contributed by atoms with E-state index in [1.165, 1.54) is 30.3 Å². The molecule has 0 bridgehead atoms. The van der Waals surface area contributed by atoms with Crippen molar-refractivity contribution in [2.75, 3.05) is 37.6 Å². The molecule has 4 nitrogen and oxygen atoms in total. The number of carbonyl (C=O) groups is 1. The van der Waals surface area contributed by atoms with Crippen molar-refractivity contribution in [3.63, 3.8) is 0 Å². The summed E-state index contributed by atoms with van der Waals surface area (Å²) in [6, 6.07) is 9.72. The number of hydrogen-bond donors (Lipinski definition) is 1. The van der Waals surface area contributed by atoms with Gasteiger partial charge in [0.1, 0.15) is 23.1 Å². The predicted octanol–water partition coefficient (Wildman–Crippen LogP) is 3.18. The van der Waals surface area contributed by atoms with Crippen molar-refractivity contribution < 1.29 is 18.0 Å². The van der Waals surface area contributed by atoms with E-state index in [1.54, 1.807) is 21.9 Å². The number of piperazine rings is 1. The van der Waals surface area contributed by atoms with Crippen LogP contribution in [0.4, 0.5) is 23.7 Å². The Balaban J connectivity index is 1.47. The number of benzene rings is 2. The molecule has 0 aromatic heterocycles. The fourth-order valence-corrected chi connectivity index (χ4v) is 3.00. The summed E-state index contributed by atoms with van der Waals surface area (Å²) in [5.41, 5.74) is 0.899. The molecule has 138 valence electrons. The summed E-state index contributed by atoms with van der Waals surface area (Å²) in [5, 5.41) is 2.82. The third-order valence-electron chi connectivity index (χ3n) is 4.42. The number of halogens is 3. The van der Waals surface area contributed by atoms with Gasteiger partial charge in [0.2, 0.25) is 0 Å². The molecule has 26 heavy (non-hydrogen) atoms. The van der Waals surface area contributed by atoms with Gasteiger partial charge in [-0.15, -0.1) is 0 Å². The van der Waals surface area contributed by atoms with Gasteiger partial charge in [-0.3, -0.25) is 0 Å². The smallest absolute Gasteiger partial charge is 0.317 e. The van der Waals surface area contributed by atoms with Gasteiger partial charge in [-0.1, -0.05) is 18.2 Å². The van der Waals surface area contributed by atoms with E-state index in [1.807, 2.05) is 0 Å². The molecule has 0 aliphatic carbocycles. The van der Waals surface area contributed by atoms with Crippen LogP contribution in [0.25, 0.3) is 0 Å². The maximum atomic E-state index is 13.8. The molecule has 0 saturated carbocycles. The Bertz CT molecular complexity index is 739. The van der Waals surface area contributed by atoms with Gasteiger partial charge in [-0.25, -0.2) is 18.0 Å². The van der Waals surface area contributed by atoms with Crippen molar-refractivity contribution >= 4 is 11.7 Å². The van der Waals surface area contributed by atoms with Crippen molar-refractivity contribution in [3.05, 3.63) is 65.5 Å². The van der Waals surface area contributed by atoms with Crippen molar-refractivity contribution in [2.24, 2.45) is 0 Å². The molecule has 3 rings (SSSR count). The highest BCUT2D eigenvalue weighted by Gasteiger charge is 2.24. The van der Waals surface area contributed by atoms with Gasteiger partial charge in [-0.2, -0.15) is 0 Å². The Labute approximate surface area is 150 Å². The van der Waals surface area contributed by atoms with Crippen molar-refractivity contribution in [2.45, 2.75) is 6.42 Å². The van der Waals surface area contributed by atoms with Gasteiger partial charge >= 0.3 is 6.03 Å². The van der Waals surface area contributed by atoms with Gasteiger partial charge in [0.05, 0.1) is 0 Å². The first-order valence-corrected chi connectivity index (χ1v) is 8.51. The largest absolute Gasteiger partial charge is 0.363 e. The summed E-state index contributed by atoms with van der Waals surface area (Å²) in [5.74, 6) is -1.48. The van der Waals surface area contributed by atoms with Gasteiger partial charge in [-0.05, 0) is 36.2 Å². The van der Waals surface area contributed by atoms with Gasteiger partial charge in [0.15, 0.2) is 0 Å². The van der Waals surface area contributed by atoms with Crippen molar-refractivity contribution in [3.8, 4) is 0 Å². The summed E-state index contributed by atoms with van der Waals surface area (Å²) in [6.45, 7) is 1.94. The number of amides is 2. The number of urea groups is 1. The van der Waals surface area contributed by atoms with Gasteiger partial charge in [0, 0.05) is 32.7 Å². The molecule has 2 amide bonds. The SMILES string of the molecule is O=C(NCCc1ccc(F)cc1)N1CCN(c2c(F)cccc2F)CC1. The third-order valence-corrected chi connectivity index (χ3v) is 4.42. The maximum absolute atomic E-state index is 13.8. The van der Waals surface area contributed by atoms with Crippen LogP contribution < -0.4 is 10.2 Å². The first-order chi connectivity index (χ1) is 12.5. The number of anilines is 1. The Hall–Kier alpha value is -2.70. The minimum atomic E-state index is -0.595. The molecule has 0 radical (unpaired) electrons. The average molecular weight is 363 g/mol. The zero-order chi connectivity index (χ0) is 18.5. The summed E-state index contributed by atoms with van der Waals surface area (Å²) in [6.07, 6.45) is 0.604. The lowest BCUT2D eigenvalue weighted by molar-refractivity contribution is 0.194. The zero-order valence-corrected chi connectivity index (χ0v) is 14.2. The van der Waals surface area contributed by atoms with Crippen LogP contribution in [0.1, 0.15) is 5.56 Å². The fraction of sp³-hybridized carbons (Fsp3) is 0.316. The molecule has 1 N–H and O–H groups in total. The molecular formula is C19H20F3N3O. The number of nitrogens with zero attached hydrogens (tertiary/aromatic N) is 2. The van der Waals surface area contributed by atoms with Gasteiger partial charge in [0.25, 0.3) is 0 Å². The molecular weight excluding hydrogens is 343 g/mol. The molecule has 1 heterocycles. The standard InChI is InChI=1S/C19H20F3N3O/c20-15-6-4-14(5-7-15)8-9-23-19(26)25-12-10-24(11-13-25)18-16(21)2-1-3-17(18)22/h1-7H,8-13H2,(H,23,26). The number of rotatable bonds is 4. The van der Waals surface area contributed by atoms with Crippen LogP contribution in [-0.4, -0.2) is 43.7 Å². The van der Waals surface area contributed by atoms with Crippen LogP contribution in [0.15, 0.2) is 42.5 Å². The zero-order valence-electron chi connectivity index (χ0n) is 14.2. The van der Waals surface area contributed by atoms with Crippen molar-refractivity contribution in [1.82, 2.24) is 10.2 Å². The number of hydrogen-bond acceptors (Lipinski definition) is 2. The van der Waals surface area contributed by atoms with E-state index in [0.29, 0.717) is 39.1 Å². The number of carbonyl (C=O) groups excluding carboxylic acids is 1. The molecule has 0 spiro atoms. The summed E-state index contributed by atoms with van der Waals surface area (Å²) in [7, 11) is 0. The van der Waals surface area contributed by atoms with Crippen LogP contribution in [0.3, 0.4) is 0 Å². The highest BCUT2D eigenvalue weighted by Crippen LogP contribution is 2.24. The molecule has 1 fully saturated rings. The first kappa shape index (κ1) is 18.1. The Morgan fingerprint density at radius 3 is 2.15 bits per heavy atom. The monoisotopic (exact) mass is 363 g/mol. The third kappa shape index (κ3) is 4.28. The van der Waals surface area contributed by atoms with E-state index in [0.717, 1.165) is 5.56 Å². The second-order valence-corrected chi connectivity index (χ2v) is 6.15. The Morgan fingerprint density at radius 1 is 0.923 bits per heavy atom. The second kappa shape index (κ2) is 8.12. The van der Waals surface area contributed by atoms with E-state index < -0.39 is 11.6 Å². The van der Waals surface area contributed by atoms with Crippen LogP contribution in [-0.2, 0) is 6.42 Å². The predicted molar refractivity (Wildman–Crippen MR) is 93.6 cm³/mol. The van der Waals surface area contributed by atoms with E-state index >= 15 is 0 Å². The van der Waals surface area contributed by atoms with Gasteiger partial charge < -0.3 is 15.1 Å². The summed E-state index contributed by atoms with van der Waals surface area (Å²) < 4.78 is 40.5. The van der Waals surface area contributed by atoms with Crippen LogP contribution in [0, 0.1) is 17.5 Å². The topological polar surface area (TPSA) is 35.6 Å². The quantitative estimate of drug-likeness (QED) is 0.906. The fourth-order valence-electron chi connectivity index (χ4n) is 3.00. The summed E-state index contributed by atoms with van der Waals surface area (Å²) in [4.78, 5) is 15.5. The molecule has 0 unspecified atom stereocenters. The number of para-hydroxylation sites is 1. The van der Waals surface area contributed by atoms with Crippen molar-refractivity contribution in [1.29, 1.82) is 0 Å². The first-order valence-electron chi connectivity index (χ1n) is 8.51. The minimum Gasteiger partial charge on any atom is -0.363 e. The minimum absolute atomic E-state index is 0.0381. The number of nitrogens with one attached hydrogen (secondary N) is 1. The lowest BCUT2D eigenvalue weighted by atomic mass is 10.1. The highest BCUT2D eigenvalue weighted by atomic mass is 19.1.